The SMILES string of the molecule is CCN(CC)C(=O)C[NH+](C)CC(=O)Nc1sc2c(c1C(N)=O)CCC2. The molecular formula is C17H27N4O3S+. The Morgan fingerprint density at radius 3 is 2.48 bits per heavy atom. The minimum atomic E-state index is -0.493. The number of carbonyl (C=O) groups excluding carboxylic acids is 3. The zero-order valence-electron chi connectivity index (χ0n) is 15.1. The number of amides is 3. The molecule has 0 aliphatic heterocycles. The number of primary amides is 1. The Morgan fingerprint density at radius 1 is 1.20 bits per heavy atom. The molecule has 0 saturated carbocycles. The fraction of sp³-hybridized carbons (Fsp3) is 0.588. The molecule has 1 heterocycles. The number of likely N-dealkylation sites (N-methyl/N-ethyl adjacent to an activating group) is 2. The highest BCUT2D eigenvalue weighted by Gasteiger charge is 2.27. The molecular weight excluding hydrogens is 340 g/mol. The summed E-state index contributed by atoms with van der Waals surface area (Å²) in [7, 11) is 1.81. The zero-order chi connectivity index (χ0) is 18.6. The van der Waals surface area contributed by atoms with Crippen molar-refractivity contribution in [3.05, 3.63) is 16.0 Å². The van der Waals surface area contributed by atoms with Crippen molar-refractivity contribution in [2.24, 2.45) is 5.73 Å². The molecule has 1 aromatic heterocycles. The van der Waals surface area contributed by atoms with Gasteiger partial charge in [-0.25, -0.2) is 0 Å². The third-order valence-corrected chi connectivity index (χ3v) is 5.66. The van der Waals surface area contributed by atoms with Crippen LogP contribution in [-0.2, 0) is 22.4 Å². The molecule has 0 radical (unpaired) electrons. The predicted molar refractivity (Wildman–Crippen MR) is 98.0 cm³/mol. The Bertz CT molecular complexity index is 667. The van der Waals surface area contributed by atoms with E-state index in [9.17, 15) is 14.4 Å². The summed E-state index contributed by atoms with van der Waals surface area (Å²) in [6.07, 6.45) is 2.79. The number of aryl methyl sites for hydroxylation is 1. The summed E-state index contributed by atoms with van der Waals surface area (Å²) in [5.74, 6) is -0.678. The number of hydrogen-bond donors (Lipinski definition) is 3. The summed E-state index contributed by atoms with van der Waals surface area (Å²) in [5, 5.41) is 3.36. The first-order valence-corrected chi connectivity index (χ1v) is 9.52. The first-order valence-electron chi connectivity index (χ1n) is 8.70. The van der Waals surface area contributed by atoms with Gasteiger partial charge in [-0.05, 0) is 38.7 Å². The summed E-state index contributed by atoms with van der Waals surface area (Å²) in [5.41, 5.74) is 6.95. The van der Waals surface area contributed by atoms with Crippen LogP contribution in [0.4, 0.5) is 5.00 Å². The van der Waals surface area contributed by atoms with Gasteiger partial charge >= 0.3 is 0 Å². The Labute approximate surface area is 152 Å². The maximum Gasteiger partial charge on any atom is 0.280 e. The largest absolute Gasteiger partial charge is 0.365 e. The quantitative estimate of drug-likeness (QED) is 0.586. The molecule has 1 aromatic rings. The average molecular weight is 367 g/mol. The van der Waals surface area contributed by atoms with E-state index in [1.165, 1.54) is 11.3 Å². The topological polar surface area (TPSA) is 96.9 Å². The summed E-state index contributed by atoms with van der Waals surface area (Å²) in [6, 6.07) is 0. The normalized spacial score (nSPS) is 14.0. The molecule has 7 nitrogen and oxygen atoms in total. The van der Waals surface area contributed by atoms with Crippen LogP contribution in [0.25, 0.3) is 0 Å². The van der Waals surface area contributed by atoms with Crippen LogP contribution in [-0.4, -0.2) is 55.8 Å². The van der Waals surface area contributed by atoms with E-state index in [2.05, 4.69) is 5.32 Å². The van der Waals surface area contributed by atoms with E-state index in [0.717, 1.165) is 34.6 Å². The highest BCUT2D eigenvalue weighted by atomic mass is 32.1. The Balaban J connectivity index is 1.97. The van der Waals surface area contributed by atoms with Crippen molar-refractivity contribution in [3.8, 4) is 0 Å². The smallest absolute Gasteiger partial charge is 0.280 e. The number of rotatable bonds is 8. The molecule has 0 aromatic carbocycles. The number of hydrogen-bond acceptors (Lipinski definition) is 4. The first kappa shape index (κ1) is 19.4. The van der Waals surface area contributed by atoms with Crippen molar-refractivity contribution >= 4 is 34.1 Å². The molecule has 3 amide bonds. The molecule has 4 N–H and O–H groups in total. The molecule has 0 saturated heterocycles. The van der Waals surface area contributed by atoms with Gasteiger partial charge in [-0.2, -0.15) is 0 Å². The van der Waals surface area contributed by atoms with Gasteiger partial charge in [0, 0.05) is 18.0 Å². The van der Waals surface area contributed by atoms with Gasteiger partial charge in [0.1, 0.15) is 5.00 Å². The van der Waals surface area contributed by atoms with Crippen LogP contribution in [0.1, 0.15) is 41.1 Å². The Kier molecular flexibility index (Phi) is 6.55. The number of nitrogens with one attached hydrogen (secondary N) is 2. The number of nitrogens with zero attached hydrogens (tertiary/aromatic N) is 1. The Hall–Kier alpha value is -1.93. The maximum absolute atomic E-state index is 12.3. The van der Waals surface area contributed by atoms with E-state index >= 15 is 0 Å². The van der Waals surface area contributed by atoms with Gasteiger partial charge in [0.05, 0.1) is 12.6 Å². The standard InChI is InChI=1S/C17H26N4O3S/c1-4-21(5-2)14(23)10-20(3)9-13(22)19-17-15(16(18)24)11-7-6-8-12(11)25-17/h4-10H2,1-3H3,(H2,18,24)(H,19,22)/p+1. The number of anilines is 1. The van der Waals surface area contributed by atoms with Crippen molar-refractivity contribution < 1.29 is 19.3 Å². The minimum Gasteiger partial charge on any atom is -0.365 e. The van der Waals surface area contributed by atoms with Gasteiger partial charge < -0.3 is 20.9 Å². The minimum absolute atomic E-state index is 0.0308. The fourth-order valence-corrected chi connectivity index (χ4v) is 4.52. The van der Waals surface area contributed by atoms with Crippen molar-refractivity contribution in [2.75, 3.05) is 38.5 Å². The van der Waals surface area contributed by atoms with Crippen molar-refractivity contribution in [1.29, 1.82) is 0 Å². The summed E-state index contributed by atoms with van der Waals surface area (Å²) >= 11 is 1.44. The molecule has 0 bridgehead atoms. The van der Waals surface area contributed by atoms with E-state index < -0.39 is 5.91 Å². The third kappa shape index (κ3) is 4.58. The molecule has 0 fully saturated rings. The van der Waals surface area contributed by atoms with Gasteiger partial charge in [0.15, 0.2) is 13.1 Å². The van der Waals surface area contributed by atoms with Crippen LogP contribution in [0.3, 0.4) is 0 Å². The van der Waals surface area contributed by atoms with Gasteiger partial charge in [-0.15, -0.1) is 11.3 Å². The van der Waals surface area contributed by atoms with Gasteiger partial charge in [-0.3, -0.25) is 14.4 Å². The van der Waals surface area contributed by atoms with Crippen LogP contribution in [0.15, 0.2) is 0 Å². The monoisotopic (exact) mass is 367 g/mol. The number of carbonyl (C=O) groups is 3. The molecule has 1 unspecified atom stereocenters. The fourth-order valence-electron chi connectivity index (χ4n) is 3.21. The van der Waals surface area contributed by atoms with Gasteiger partial charge in [-0.1, -0.05) is 0 Å². The number of quaternary nitrogens is 1. The lowest BCUT2D eigenvalue weighted by atomic mass is 10.1. The van der Waals surface area contributed by atoms with Crippen LogP contribution >= 0.6 is 11.3 Å². The lowest BCUT2D eigenvalue weighted by molar-refractivity contribution is -0.862. The predicted octanol–water partition coefficient (Wildman–Crippen LogP) is -0.343. The molecule has 138 valence electrons. The van der Waals surface area contributed by atoms with E-state index in [-0.39, 0.29) is 24.9 Å². The second-order valence-electron chi connectivity index (χ2n) is 6.35. The molecule has 8 heteroatoms. The van der Waals surface area contributed by atoms with Crippen molar-refractivity contribution in [1.82, 2.24) is 4.90 Å². The lowest BCUT2D eigenvalue weighted by Gasteiger charge is -2.20. The Morgan fingerprint density at radius 2 is 1.88 bits per heavy atom. The molecule has 1 aliphatic carbocycles. The van der Waals surface area contributed by atoms with Crippen molar-refractivity contribution in [3.63, 3.8) is 0 Å². The summed E-state index contributed by atoms with van der Waals surface area (Å²) in [4.78, 5) is 39.9. The van der Waals surface area contributed by atoms with Crippen LogP contribution in [0.2, 0.25) is 0 Å². The van der Waals surface area contributed by atoms with Crippen LogP contribution in [0.5, 0.6) is 0 Å². The molecule has 25 heavy (non-hydrogen) atoms. The van der Waals surface area contributed by atoms with Crippen LogP contribution in [0, 0.1) is 0 Å². The van der Waals surface area contributed by atoms with Gasteiger partial charge in [0.2, 0.25) is 0 Å². The van der Waals surface area contributed by atoms with Gasteiger partial charge in [0.25, 0.3) is 17.7 Å². The number of fused-ring (bicyclic) bond motifs is 1. The molecule has 1 aliphatic rings. The highest BCUT2D eigenvalue weighted by molar-refractivity contribution is 7.17. The van der Waals surface area contributed by atoms with E-state index in [1.807, 2.05) is 20.9 Å². The second-order valence-corrected chi connectivity index (χ2v) is 7.46. The van der Waals surface area contributed by atoms with E-state index in [0.29, 0.717) is 23.7 Å². The molecule has 0 spiro atoms. The first-order chi connectivity index (χ1) is 11.9. The van der Waals surface area contributed by atoms with Crippen molar-refractivity contribution in [2.45, 2.75) is 33.1 Å². The molecule has 1 atom stereocenters. The van der Waals surface area contributed by atoms with Crippen LogP contribution < -0.4 is 16.0 Å². The van der Waals surface area contributed by atoms with E-state index in [1.54, 1.807) is 4.90 Å². The lowest BCUT2D eigenvalue weighted by Crippen LogP contribution is -3.11. The zero-order valence-corrected chi connectivity index (χ0v) is 15.9. The number of nitrogens with two attached hydrogens (primary N) is 1. The summed E-state index contributed by atoms with van der Waals surface area (Å²) in [6.45, 7) is 5.62. The average Bonchev–Trinajstić information content (AvgIpc) is 3.07. The molecule has 2 rings (SSSR count). The second kappa shape index (κ2) is 8.44. The van der Waals surface area contributed by atoms with E-state index in [4.69, 9.17) is 5.73 Å². The maximum atomic E-state index is 12.3. The number of thiophene rings is 1. The third-order valence-electron chi connectivity index (χ3n) is 4.45. The summed E-state index contributed by atoms with van der Waals surface area (Å²) < 4.78 is 0. The highest BCUT2D eigenvalue weighted by Crippen LogP contribution is 2.38.